The molecule has 0 fully saturated rings. The molecular formula is C114H72N4. The molecule has 0 N–H and O–H groups in total. The first-order valence-corrected chi connectivity index (χ1v) is 40.6. The Morgan fingerprint density at radius 1 is 0.161 bits per heavy atom. The van der Waals surface area contributed by atoms with Crippen LogP contribution in [0.1, 0.15) is 0 Å². The van der Waals surface area contributed by atoms with Crippen molar-refractivity contribution in [1.82, 2.24) is 19.1 Å². The van der Waals surface area contributed by atoms with Crippen LogP contribution in [0.5, 0.6) is 0 Å². The van der Waals surface area contributed by atoms with Gasteiger partial charge in [0.05, 0.1) is 33.1 Å². The van der Waals surface area contributed by atoms with Gasteiger partial charge in [0.1, 0.15) is 0 Å². The number of aromatic nitrogens is 4. The summed E-state index contributed by atoms with van der Waals surface area (Å²) < 4.78 is 4.79. The smallest absolute Gasteiger partial charge is 0.0786 e. The van der Waals surface area contributed by atoms with E-state index >= 15 is 0 Å². The zero-order chi connectivity index (χ0) is 77.7. The summed E-state index contributed by atoms with van der Waals surface area (Å²) in [4.78, 5) is 9.82. The van der Waals surface area contributed by atoms with Crippen LogP contribution in [-0.4, -0.2) is 19.1 Å². The molecule has 4 aromatic heterocycles. The average Bonchev–Trinajstić information content (AvgIpc) is 0.928. The summed E-state index contributed by atoms with van der Waals surface area (Å²) in [5.41, 5.74) is 28.5. The molecule has 548 valence electrons. The Labute approximate surface area is 682 Å². The maximum atomic E-state index is 4.94. The van der Waals surface area contributed by atoms with Crippen molar-refractivity contribution < 1.29 is 0 Å². The van der Waals surface area contributed by atoms with Crippen LogP contribution in [-0.2, 0) is 0 Å². The second-order valence-corrected chi connectivity index (χ2v) is 30.9. The minimum atomic E-state index is 1.02. The maximum absolute atomic E-state index is 4.94. The van der Waals surface area contributed by atoms with Gasteiger partial charge in [-0.1, -0.05) is 352 Å². The number of benzene rings is 20. The molecule has 4 heterocycles. The lowest BCUT2D eigenvalue weighted by molar-refractivity contribution is 1.18. The number of pyridine rings is 2. The van der Waals surface area contributed by atoms with Crippen molar-refractivity contribution in [3.63, 3.8) is 0 Å². The quantitative estimate of drug-likeness (QED) is 0.101. The van der Waals surface area contributed by atoms with Gasteiger partial charge in [0, 0.05) is 66.9 Å². The van der Waals surface area contributed by atoms with Crippen LogP contribution in [0.15, 0.2) is 437 Å². The maximum Gasteiger partial charge on any atom is 0.0786 e. The monoisotopic (exact) mass is 1500 g/mol. The molecule has 4 nitrogen and oxygen atoms in total. The van der Waals surface area contributed by atoms with Crippen LogP contribution in [0.4, 0.5) is 0 Å². The second kappa shape index (κ2) is 28.2. The van der Waals surface area contributed by atoms with E-state index < -0.39 is 0 Å². The molecule has 0 amide bonds. The molecule has 0 atom stereocenters. The fraction of sp³-hybridized carbons (Fsp3) is 0. The molecule has 0 aliphatic rings. The Morgan fingerprint density at radius 3 is 0.780 bits per heavy atom. The first kappa shape index (κ1) is 68.0. The topological polar surface area (TPSA) is 35.6 Å². The highest BCUT2D eigenvalue weighted by molar-refractivity contribution is 6.25. The number of hydrogen-bond acceptors (Lipinski definition) is 2. The SMILES string of the molecule is c1ccc(-c2ccc(-c3c4ccccc4c(-c4ccc(-c5ccccc5)cc4)c4cc(-c5cccc6ccc7cccnc7c56)ccc34)cc2)cc1.c1cnc2c(c1)ccc1cccc(-c3ccc4c(-c5ccc(-n6c7ccccc7c7ccccc76)cc5)c5ccccc5c(-c5ccc(-n6c7ccccc7c7ccccc76)cc5)c4c3)c12. The molecule has 0 aliphatic heterocycles. The van der Waals surface area contributed by atoms with Gasteiger partial charge >= 0.3 is 0 Å². The molecule has 0 unspecified atom stereocenters. The van der Waals surface area contributed by atoms with Crippen LogP contribution in [0, 0.1) is 0 Å². The summed E-state index contributed by atoms with van der Waals surface area (Å²) in [5.74, 6) is 0. The van der Waals surface area contributed by atoms with Gasteiger partial charge < -0.3 is 9.13 Å². The predicted molar refractivity (Wildman–Crippen MR) is 501 cm³/mol. The molecule has 24 rings (SSSR count). The highest BCUT2D eigenvalue weighted by Gasteiger charge is 2.24. The summed E-state index contributed by atoms with van der Waals surface area (Å²) in [6.07, 6.45) is 3.81. The Kier molecular flexibility index (Phi) is 16.2. The molecule has 118 heavy (non-hydrogen) atoms. The number of rotatable bonds is 10. The van der Waals surface area contributed by atoms with E-state index in [1.807, 2.05) is 24.5 Å². The zero-order valence-corrected chi connectivity index (χ0v) is 64.4. The first-order chi connectivity index (χ1) is 58.6. The van der Waals surface area contributed by atoms with Crippen molar-refractivity contribution in [2.45, 2.75) is 0 Å². The van der Waals surface area contributed by atoms with E-state index in [4.69, 9.17) is 9.97 Å². The van der Waals surface area contributed by atoms with Crippen LogP contribution in [0.2, 0.25) is 0 Å². The van der Waals surface area contributed by atoms with Gasteiger partial charge in [0.2, 0.25) is 0 Å². The van der Waals surface area contributed by atoms with Gasteiger partial charge in [0.25, 0.3) is 0 Å². The molecule has 0 radical (unpaired) electrons. The summed E-state index contributed by atoms with van der Waals surface area (Å²) >= 11 is 0. The third-order valence-electron chi connectivity index (χ3n) is 24.4. The molecule has 20 aromatic carbocycles. The summed E-state index contributed by atoms with van der Waals surface area (Å²) in [6, 6.07) is 155. The van der Waals surface area contributed by atoms with E-state index in [9.17, 15) is 0 Å². The van der Waals surface area contributed by atoms with Gasteiger partial charge in [-0.05, 0) is 216 Å². The minimum Gasteiger partial charge on any atom is -0.309 e. The molecule has 0 saturated heterocycles. The fourth-order valence-corrected chi connectivity index (χ4v) is 19.1. The Balaban J connectivity index is 0.000000143. The van der Waals surface area contributed by atoms with Crippen molar-refractivity contribution >= 4 is 130 Å². The van der Waals surface area contributed by atoms with Gasteiger partial charge in [-0.15, -0.1) is 0 Å². The number of para-hydroxylation sites is 4. The zero-order valence-electron chi connectivity index (χ0n) is 64.4. The second-order valence-electron chi connectivity index (χ2n) is 30.9. The Morgan fingerprint density at radius 2 is 0.424 bits per heavy atom. The summed E-state index contributed by atoms with van der Waals surface area (Å²) in [6.45, 7) is 0. The molecule has 0 bridgehead atoms. The Hall–Kier alpha value is -15.6. The van der Waals surface area contributed by atoms with Gasteiger partial charge in [-0.3, -0.25) is 9.97 Å². The van der Waals surface area contributed by atoms with Crippen LogP contribution in [0.3, 0.4) is 0 Å². The molecular weight excluding hydrogens is 1430 g/mol. The summed E-state index contributed by atoms with van der Waals surface area (Å²) in [5, 5.41) is 21.9. The van der Waals surface area contributed by atoms with Crippen molar-refractivity contribution in [2.24, 2.45) is 0 Å². The van der Waals surface area contributed by atoms with Gasteiger partial charge in [-0.2, -0.15) is 0 Å². The third-order valence-corrected chi connectivity index (χ3v) is 24.4. The van der Waals surface area contributed by atoms with E-state index in [2.05, 4.69) is 422 Å². The van der Waals surface area contributed by atoms with E-state index in [0.29, 0.717) is 0 Å². The minimum absolute atomic E-state index is 1.02. The van der Waals surface area contributed by atoms with Crippen LogP contribution >= 0.6 is 0 Å². The highest BCUT2D eigenvalue weighted by atomic mass is 15.0. The summed E-state index contributed by atoms with van der Waals surface area (Å²) in [7, 11) is 0. The number of nitrogens with zero attached hydrogens (tertiary/aromatic N) is 4. The molecule has 0 saturated carbocycles. The standard InChI is InChI=1S/C63H39N3.C51H33N/c1-2-20-53-52(19-1)60(41-28-33-45(34-29-41)65-56-22-7-3-15-48(56)49-16-4-8-23-57(49)65)54-37-32-44(47-21-11-13-40-26-27-43-14-12-38-64-63(43)62(40)47)39-55(54)61(53)42-30-35-46(36-31-42)66-58-24-9-5-17-50(58)51-18-6-10-25-59(51)66;1-3-11-34(12-4-1)36-20-24-39(25-21-36)48-44-17-7-8-18-45(44)49(40-26-22-37(23-27-40)35-13-5-2-6-14-35)47-33-42(30-31-46(47)48)43-19-9-15-38-28-29-41-16-10-32-52-51(41)50(38)43/h1-39H;1-33H. The molecule has 0 spiro atoms. The van der Waals surface area contributed by atoms with Crippen LogP contribution < -0.4 is 0 Å². The molecule has 0 aliphatic carbocycles. The molecule has 24 aromatic rings. The van der Waals surface area contributed by atoms with E-state index in [1.54, 1.807) is 0 Å². The van der Waals surface area contributed by atoms with Gasteiger partial charge in [-0.25, -0.2) is 0 Å². The lowest BCUT2D eigenvalue weighted by Gasteiger charge is -2.20. The normalized spacial score (nSPS) is 11.7. The van der Waals surface area contributed by atoms with Crippen molar-refractivity contribution in [3.05, 3.63) is 437 Å². The van der Waals surface area contributed by atoms with Crippen molar-refractivity contribution in [2.75, 3.05) is 0 Å². The lowest BCUT2D eigenvalue weighted by Crippen LogP contribution is -1.96. The first-order valence-electron chi connectivity index (χ1n) is 40.6. The van der Waals surface area contributed by atoms with Crippen molar-refractivity contribution in [1.29, 1.82) is 0 Å². The average molecular weight is 1500 g/mol. The fourth-order valence-electron chi connectivity index (χ4n) is 19.1. The number of hydrogen-bond donors (Lipinski definition) is 0. The predicted octanol–water partition coefficient (Wildman–Crippen LogP) is 30.9. The van der Waals surface area contributed by atoms with Crippen molar-refractivity contribution in [3.8, 4) is 100 Å². The van der Waals surface area contributed by atoms with E-state index in [0.717, 1.165) is 38.7 Å². The molecule has 4 heteroatoms. The number of fused-ring (bicyclic) bond motifs is 16. The Bertz CT molecular complexity index is 8020. The third kappa shape index (κ3) is 11.3. The van der Waals surface area contributed by atoms with Gasteiger partial charge in [0.15, 0.2) is 0 Å². The van der Waals surface area contributed by atoms with E-state index in [1.165, 1.54) is 192 Å². The van der Waals surface area contributed by atoms with Crippen LogP contribution in [0.25, 0.3) is 230 Å². The lowest BCUT2D eigenvalue weighted by atomic mass is 9.84. The largest absolute Gasteiger partial charge is 0.309 e. The van der Waals surface area contributed by atoms with E-state index in [-0.39, 0.29) is 0 Å². The highest BCUT2D eigenvalue weighted by Crippen LogP contribution is 2.50.